The smallest absolute Gasteiger partial charge is 0.211 e. The first-order valence-corrected chi connectivity index (χ1v) is 9.52. The van der Waals surface area contributed by atoms with Gasteiger partial charge in [-0.1, -0.05) is 13.8 Å². The zero-order chi connectivity index (χ0) is 15.0. The number of nitrogens with zero attached hydrogens (tertiary/aromatic N) is 2. The lowest BCUT2D eigenvalue weighted by Crippen LogP contribution is -2.62. The molecule has 0 aromatic rings. The highest BCUT2D eigenvalue weighted by Gasteiger charge is 2.43. The quantitative estimate of drug-likeness (QED) is 0.834. The van der Waals surface area contributed by atoms with Crippen LogP contribution in [0.1, 0.15) is 33.1 Å². The highest BCUT2D eigenvalue weighted by atomic mass is 32.2. The molecule has 1 saturated heterocycles. The van der Waals surface area contributed by atoms with E-state index in [1.807, 2.05) is 0 Å². The van der Waals surface area contributed by atoms with Crippen LogP contribution in [-0.2, 0) is 10.0 Å². The third-order valence-electron chi connectivity index (χ3n) is 5.02. The van der Waals surface area contributed by atoms with Crippen LogP contribution in [0.2, 0.25) is 0 Å². The number of rotatable bonds is 3. The van der Waals surface area contributed by atoms with Crippen LogP contribution < -0.4 is 5.73 Å². The molecule has 5 nitrogen and oxygen atoms in total. The molecule has 0 bridgehead atoms. The molecule has 0 amide bonds. The summed E-state index contributed by atoms with van der Waals surface area (Å²) in [4.78, 5) is 2.46. The summed E-state index contributed by atoms with van der Waals surface area (Å²) in [5.74, 6) is 1.41. The molecule has 1 aliphatic heterocycles. The molecule has 0 aromatic carbocycles. The Morgan fingerprint density at radius 1 is 1.10 bits per heavy atom. The third-order valence-corrected chi connectivity index (χ3v) is 6.32. The van der Waals surface area contributed by atoms with E-state index in [-0.39, 0.29) is 5.54 Å². The van der Waals surface area contributed by atoms with Crippen molar-refractivity contribution in [1.82, 2.24) is 9.21 Å². The van der Waals surface area contributed by atoms with Gasteiger partial charge in [0.2, 0.25) is 10.0 Å². The number of sulfonamides is 1. The van der Waals surface area contributed by atoms with E-state index in [1.54, 1.807) is 4.31 Å². The van der Waals surface area contributed by atoms with Gasteiger partial charge in [-0.05, 0) is 31.1 Å². The molecule has 6 heteroatoms. The molecule has 0 radical (unpaired) electrons. The molecule has 0 aromatic heterocycles. The van der Waals surface area contributed by atoms with Crippen LogP contribution in [0.25, 0.3) is 0 Å². The predicted molar refractivity (Wildman–Crippen MR) is 82.0 cm³/mol. The van der Waals surface area contributed by atoms with E-state index in [4.69, 9.17) is 5.73 Å². The van der Waals surface area contributed by atoms with Crippen molar-refractivity contribution >= 4 is 10.0 Å². The zero-order valence-corrected chi connectivity index (χ0v) is 13.8. The second kappa shape index (κ2) is 5.91. The van der Waals surface area contributed by atoms with Crippen molar-refractivity contribution in [2.24, 2.45) is 17.6 Å². The second-order valence-corrected chi connectivity index (χ2v) is 8.91. The maximum Gasteiger partial charge on any atom is 0.211 e. The minimum Gasteiger partial charge on any atom is -0.329 e. The maximum absolute atomic E-state index is 11.6. The molecule has 2 aliphatic rings. The van der Waals surface area contributed by atoms with E-state index < -0.39 is 10.0 Å². The molecule has 1 heterocycles. The molecule has 2 unspecified atom stereocenters. The summed E-state index contributed by atoms with van der Waals surface area (Å²) in [6, 6.07) is 0. The fourth-order valence-electron chi connectivity index (χ4n) is 4.28. The van der Waals surface area contributed by atoms with Crippen molar-refractivity contribution in [3.8, 4) is 0 Å². The largest absolute Gasteiger partial charge is 0.329 e. The van der Waals surface area contributed by atoms with Crippen molar-refractivity contribution < 1.29 is 8.42 Å². The summed E-state index contributed by atoms with van der Waals surface area (Å²) in [6.45, 7) is 8.13. The van der Waals surface area contributed by atoms with Crippen molar-refractivity contribution in [3.05, 3.63) is 0 Å². The number of nitrogens with two attached hydrogens (primary N) is 1. The van der Waals surface area contributed by atoms with Crippen molar-refractivity contribution in [1.29, 1.82) is 0 Å². The summed E-state index contributed by atoms with van der Waals surface area (Å²) >= 11 is 0. The minimum atomic E-state index is -3.05. The lowest BCUT2D eigenvalue weighted by atomic mass is 9.70. The molecule has 2 atom stereocenters. The average molecular weight is 303 g/mol. The Bertz CT molecular complexity index is 420. The molecule has 0 spiro atoms. The van der Waals surface area contributed by atoms with Gasteiger partial charge in [0.1, 0.15) is 0 Å². The fraction of sp³-hybridized carbons (Fsp3) is 1.00. The monoisotopic (exact) mass is 303 g/mol. The van der Waals surface area contributed by atoms with Crippen LogP contribution in [0.5, 0.6) is 0 Å². The maximum atomic E-state index is 11.6. The van der Waals surface area contributed by atoms with Crippen LogP contribution in [0.3, 0.4) is 0 Å². The Labute approximate surface area is 123 Å². The number of hydrogen-bond acceptors (Lipinski definition) is 4. The van der Waals surface area contributed by atoms with Crippen LogP contribution in [0.15, 0.2) is 0 Å². The molecular weight excluding hydrogens is 274 g/mol. The molecule has 1 saturated carbocycles. The van der Waals surface area contributed by atoms with Gasteiger partial charge in [0.15, 0.2) is 0 Å². The lowest BCUT2D eigenvalue weighted by molar-refractivity contribution is 0.000155. The first kappa shape index (κ1) is 16.2. The molecule has 2 rings (SSSR count). The van der Waals surface area contributed by atoms with E-state index in [9.17, 15) is 8.42 Å². The summed E-state index contributed by atoms with van der Waals surface area (Å²) in [5, 5.41) is 0. The summed E-state index contributed by atoms with van der Waals surface area (Å²) < 4.78 is 24.8. The van der Waals surface area contributed by atoms with Gasteiger partial charge < -0.3 is 5.73 Å². The standard InChI is InChI=1S/C14H29N3O2S/c1-12-8-13(2)10-14(9-12,11-15)16-4-6-17(7-5-16)20(3,18)19/h12-13H,4-11,15H2,1-3H3. The summed E-state index contributed by atoms with van der Waals surface area (Å²) in [5.41, 5.74) is 6.22. The van der Waals surface area contributed by atoms with Gasteiger partial charge in [0.05, 0.1) is 6.26 Å². The normalized spacial score (nSPS) is 38.0. The average Bonchev–Trinajstić information content (AvgIpc) is 2.36. The van der Waals surface area contributed by atoms with E-state index in [2.05, 4.69) is 18.7 Å². The molecule has 2 fully saturated rings. The number of piperazine rings is 1. The molecular formula is C14H29N3O2S. The predicted octanol–water partition coefficient (Wildman–Crippen LogP) is 0.717. The highest BCUT2D eigenvalue weighted by molar-refractivity contribution is 7.88. The lowest BCUT2D eigenvalue weighted by Gasteiger charge is -2.52. The van der Waals surface area contributed by atoms with Crippen LogP contribution in [-0.4, -0.2) is 62.1 Å². The minimum absolute atomic E-state index is 0.0840. The van der Waals surface area contributed by atoms with E-state index in [0.717, 1.165) is 25.9 Å². The van der Waals surface area contributed by atoms with Crippen LogP contribution >= 0.6 is 0 Å². The van der Waals surface area contributed by atoms with Crippen molar-refractivity contribution in [2.45, 2.75) is 38.6 Å². The van der Waals surface area contributed by atoms with Crippen LogP contribution in [0, 0.1) is 11.8 Å². The molecule has 20 heavy (non-hydrogen) atoms. The number of hydrogen-bond donors (Lipinski definition) is 1. The van der Waals surface area contributed by atoms with Gasteiger partial charge in [-0.2, -0.15) is 4.31 Å². The fourth-order valence-corrected chi connectivity index (χ4v) is 5.11. The Morgan fingerprint density at radius 3 is 2.00 bits per heavy atom. The van der Waals surface area contributed by atoms with Gasteiger partial charge >= 0.3 is 0 Å². The van der Waals surface area contributed by atoms with Gasteiger partial charge in [0, 0.05) is 38.3 Å². The van der Waals surface area contributed by atoms with E-state index in [1.165, 1.54) is 12.7 Å². The molecule has 1 aliphatic carbocycles. The topological polar surface area (TPSA) is 66.6 Å². The summed E-state index contributed by atoms with van der Waals surface area (Å²) in [6.07, 6.45) is 4.87. The van der Waals surface area contributed by atoms with E-state index in [0.29, 0.717) is 31.5 Å². The SMILES string of the molecule is CC1CC(C)CC(CN)(N2CCN(S(C)(=O)=O)CC2)C1. The Hall–Kier alpha value is -0.170. The highest BCUT2D eigenvalue weighted by Crippen LogP contribution is 2.39. The Kier molecular flexibility index (Phi) is 4.79. The Balaban J connectivity index is 2.07. The third kappa shape index (κ3) is 3.35. The Morgan fingerprint density at radius 2 is 1.60 bits per heavy atom. The van der Waals surface area contributed by atoms with E-state index >= 15 is 0 Å². The van der Waals surface area contributed by atoms with Gasteiger partial charge in [-0.25, -0.2) is 8.42 Å². The zero-order valence-electron chi connectivity index (χ0n) is 13.0. The summed E-state index contributed by atoms with van der Waals surface area (Å²) in [7, 11) is -3.05. The van der Waals surface area contributed by atoms with Gasteiger partial charge in [-0.3, -0.25) is 4.90 Å². The van der Waals surface area contributed by atoms with Crippen molar-refractivity contribution in [2.75, 3.05) is 39.0 Å². The first-order valence-electron chi connectivity index (χ1n) is 7.67. The van der Waals surface area contributed by atoms with Gasteiger partial charge in [-0.15, -0.1) is 0 Å². The molecule has 118 valence electrons. The molecule has 2 N–H and O–H groups in total. The van der Waals surface area contributed by atoms with Gasteiger partial charge in [0.25, 0.3) is 0 Å². The first-order chi connectivity index (χ1) is 9.27. The van der Waals surface area contributed by atoms with Crippen LogP contribution in [0.4, 0.5) is 0 Å². The van der Waals surface area contributed by atoms with Crippen molar-refractivity contribution in [3.63, 3.8) is 0 Å². The second-order valence-electron chi connectivity index (χ2n) is 6.93.